The lowest BCUT2D eigenvalue weighted by Gasteiger charge is -2.57. The second kappa shape index (κ2) is 8.56. The third-order valence-corrected chi connectivity index (χ3v) is 8.31. The van der Waals surface area contributed by atoms with Crippen LogP contribution in [0, 0.1) is 5.92 Å². The molecule has 6 rings (SSSR count). The fourth-order valence-corrected chi connectivity index (χ4v) is 7.01. The quantitative estimate of drug-likeness (QED) is 0.511. The minimum atomic E-state index is -0.277. The van der Waals surface area contributed by atoms with Crippen molar-refractivity contribution in [2.45, 2.75) is 69.4 Å². The Balaban J connectivity index is 1.55. The van der Waals surface area contributed by atoms with Gasteiger partial charge in [0.25, 0.3) is 0 Å². The van der Waals surface area contributed by atoms with Crippen molar-refractivity contribution in [3.63, 3.8) is 0 Å². The minimum Gasteiger partial charge on any atom is -0.473 e. The Morgan fingerprint density at radius 2 is 1.50 bits per heavy atom. The van der Waals surface area contributed by atoms with Crippen molar-refractivity contribution in [3.8, 4) is 0 Å². The highest BCUT2D eigenvalue weighted by Gasteiger charge is 2.58. The highest BCUT2D eigenvalue weighted by molar-refractivity contribution is 5.57. The summed E-state index contributed by atoms with van der Waals surface area (Å²) in [7, 11) is 0. The smallest absolute Gasteiger partial charge is 0.189 e. The van der Waals surface area contributed by atoms with Gasteiger partial charge in [-0.15, -0.1) is 0 Å². The van der Waals surface area contributed by atoms with Gasteiger partial charge in [-0.3, -0.25) is 4.90 Å². The molecule has 2 fully saturated rings. The van der Waals surface area contributed by atoms with E-state index in [0.717, 1.165) is 25.9 Å². The van der Waals surface area contributed by atoms with Gasteiger partial charge >= 0.3 is 0 Å². The second-order valence-corrected chi connectivity index (χ2v) is 10.1. The van der Waals surface area contributed by atoms with Crippen molar-refractivity contribution < 1.29 is 4.74 Å². The van der Waals surface area contributed by atoms with Crippen molar-refractivity contribution in [1.82, 2.24) is 4.90 Å². The molecule has 0 N–H and O–H groups in total. The summed E-state index contributed by atoms with van der Waals surface area (Å²) in [4.78, 5) is 2.74. The molecule has 1 saturated carbocycles. The van der Waals surface area contributed by atoms with E-state index in [-0.39, 0.29) is 5.72 Å². The lowest BCUT2D eigenvalue weighted by Crippen LogP contribution is -2.61. The molecule has 0 radical (unpaired) electrons. The third-order valence-electron chi connectivity index (χ3n) is 8.31. The van der Waals surface area contributed by atoms with Crippen LogP contribution < -0.4 is 0 Å². The topological polar surface area (TPSA) is 12.5 Å². The molecule has 166 valence electrons. The molecule has 4 aliphatic rings. The molecule has 2 aliphatic carbocycles. The summed E-state index contributed by atoms with van der Waals surface area (Å²) in [5.41, 5.74) is 5.66. The molecule has 2 aromatic carbocycles. The Bertz CT molecular complexity index is 1000. The van der Waals surface area contributed by atoms with E-state index in [1.54, 1.807) is 5.57 Å². The number of fused-ring (bicyclic) bond motifs is 1. The molecule has 1 saturated heterocycles. The highest BCUT2D eigenvalue weighted by atomic mass is 16.5. The maximum Gasteiger partial charge on any atom is 0.189 e. The van der Waals surface area contributed by atoms with Crippen LogP contribution in [-0.2, 0) is 4.74 Å². The Kier molecular flexibility index (Phi) is 5.43. The largest absolute Gasteiger partial charge is 0.473 e. The highest BCUT2D eigenvalue weighted by Crippen LogP contribution is 2.58. The minimum absolute atomic E-state index is 0.277. The van der Waals surface area contributed by atoms with Gasteiger partial charge in [-0.1, -0.05) is 66.7 Å². The van der Waals surface area contributed by atoms with Crippen LogP contribution in [0.5, 0.6) is 0 Å². The van der Waals surface area contributed by atoms with Crippen molar-refractivity contribution in [1.29, 1.82) is 0 Å². The van der Waals surface area contributed by atoms with Crippen LogP contribution in [0.4, 0.5) is 0 Å². The van der Waals surface area contributed by atoms with Gasteiger partial charge in [-0.2, -0.15) is 0 Å². The lowest BCUT2D eigenvalue weighted by atomic mass is 9.63. The Morgan fingerprint density at radius 1 is 0.781 bits per heavy atom. The zero-order valence-electron chi connectivity index (χ0n) is 19.1. The molecular weight excluding hydrogens is 390 g/mol. The number of nitrogens with zero attached hydrogens (tertiary/aromatic N) is 1. The summed E-state index contributed by atoms with van der Waals surface area (Å²) in [5, 5.41) is 0. The van der Waals surface area contributed by atoms with Gasteiger partial charge in [0.15, 0.2) is 5.72 Å². The van der Waals surface area contributed by atoms with E-state index in [0.29, 0.717) is 11.8 Å². The number of rotatable bonds is 3. The summed E-state index contributed by atoms with van der Waals surface area (Å²) in [6, 6.07) is 22.3. The van der Waals surface area contributed by atoms with Crippen LogP contribution >= 0.6 is 0 Å². The zero-order valence-corrected chi connectivity index (χ0v) is 19.1. The summed E-state index contributed by atoms with van der Waals surface area (Å²) in [6.45, 7) is 2.32. The average Bonchev–Trinajstić information content (AvgIpc) is 3.40. The SMILES string of the molecule is C(=C1/CCC[C@H]2[C@H](c3ccccc3)C3=C(CCCC3)O[C@@]12N1CCCC1)/c1ccccc1. The molecule has 0 amide bonds. The molecule has 2 aliphatic heterocycles. The molecule has 0 unspecified atom stereocenters. The Hall–Kier alpha value is -2.32. The van der Waals surface area contributed by atoms with Gasteiger partial charge in [-0.25, -0.2) is 0 Å². The normalized spacial score (nSPS) is 31.8. The van der Waals surface area contributed by atoms with Crippen LogP contribution in [0.1, 0.15) is 74.8 Å². The monoisotopic (exact) mass is 425 g/mol. The summed E-state index contributed by atoms with van der Waals surface area (Å²) in [6.07, 6.45) is 13.6. The van der Waals surface area contributed by atoms with E-state index < -0.39 is 0 Å². The summed E-state index contributed by atoms with van der Waals surface area (Å²) >= 11 is 0. The van der Waals surface area contributed by atoms with Crippen molar-refractivity contribution >= 4 is 6.08 Å². The number of allylic oxidation sites excluding steroid dienone is 2. The van der Waals surface area contributed by atoms with Crippen LogP contribution in [0.15, 0.2) is 77.6 Å². The molecule has 2 heteroatoms. The maximum absolute atomic E-state index is 7.34. The first-order chi connectivity index (χ1) is 15.9. The molecule has 2 nitrogen and oxygen atoms in total. The van der Waals surface area contributed by atoms with Crippen LogP contribution in [0.3, 0.4) is 0 Å². The molecule has 32 heavy (non-hydrogen) atoms. The predicted molar refractivity (Wildman–Crippen MR) is 131 cm³/mol. The van der Waals surface area contributed by atoms with Gasteiger partial charge in [0.05, 0.1) is 5.76 Å². The van der Waals surface area contributed by atoms with E-state index in [2.05, 4.69) is 71.6 Å². The maximum atomic E-state index is 7.34. The molecule has 3 atom stereocenters. The van der Waals surface area contributed by atoms with E-state index in [1.165, 1.54) is 67.4 Å². The van der Waals surface area contributed by atoms with Crippen LogP contribution in [0.25, 0.3) is 6.08 Å². The molecule has 2 heterocycles. The van der Waals surface area contributed by atoms with Crippen LogP contribution in [0.2, 0.25) is 0 Å². The fourth-order valence-electron chi connectivity index (χ4n) is 7.01. The van der Waals surface area contributed by atoms with Crippen LogP contribution in [-0.4, -0.2) is 23.7 Å². The lowest BCUT2D eigenvalue weighted by molar-refractivity contribution is -0.161. The first-order valence-electron chi connectivity index (χ1n) is 12.8. The molecule has 0 bridgehead atoms. The number of hydrogen-bond donors (Lipinski definition) is 0. The zero-order chi connectivity index (χ0) is 21.4. The molecule has 2 aromatic rings. The van der Waals surface area contributed by atoms with Gasteiger partial charge in [0.2, 0.25) is 0 Å². The molecular formula is C30H35NO. The summed E-state index contributed by atoms with van der Waals surface area (Å²) in [5.74, 6) is 2.30. The number of ether oxygens (including phenoxy) is 1. The van der Waals surface area contributed by atoms with Gasteiger partial charge < -0.3 is 4.74 Å². The molecule has 0 aromatic heterocycles. The van der Waals surface area contributed by atoms with E-state index in [1.807, 2.05) is 0 Å². The third kappa shape index (κ3) is 3.35. The van der Waals surface area contributed by atoms with Gasteiger partial charge in [0.1, 0.15) is 0 Å². The van der Waals surface area contributed by atoms with Gasteiger partial charge in [0, 0.05) is 31.3 Å². The number of hydrogen-bond acceptors (Lipinski definition) is 2. The van der Waals surface area contributed by atoms with Gasteiger partial charge in [-0.05, 0) is 73.6 Å². The predicted octanol–water partition coefficient (Wildman–Crippen LogP) is 7.30. The number of likely N-dealkylation sites (tertiary alicyclic amines) is 1. The average molecular weight is 426 g/mol. The number of benzene rings is 2. The van der Waals surface area contributed by atoms with Crippen molar-refractivity contribution in [3.05, 3.63) is 88.7 Å². The summed E-state index contributed by atoms with van der Waals surface area (Å²) < 4.78 is 7.34. The Labute approximate surface area is 193 Å². The van der Waals surface area contributed by atoms with Crippen molar-refractivity contribution in [2.24, 2.45) is 5.92 Å². The van der Waals surface area contributed by atoms with E-state index in [9.17, 15) is 0 Å². The molecule has 0 spiro atoms. The second-order valence-electron chi connectivity index (χ2n) is 10.1. The first-order valence-corrected chi connectivity index (χ1v) is 12.8. The fraction of sp³-hybridized carbons (Fsp3) is 0.467. The first kappa shape index (κ1) is 20.3. The standard InChI is InChI=1S/C30H35NO/c1-3-12-23(13-4-1)22-25-16-11-18-27-29(24-14-5-2-6-15-24)26-17-7-8-19-28(26)32-30(25,27)31-20-9-10-21-31/h1-6,12-15,22,27,29H,7-11,16-21H2/b25-22+/t27-,29+,30-/m0/s1. The van der Waals surface area contributed by atoms with E-state index in [4.69, 9.17) is 4.74 Å². The van der Waals surface area contributed by atoms with Crippen molar-refractivity contribution in [2.75, 3.05) is 13.1 Å². The Morgan fingerprint density at radius 3 is 2.28 bits per heavy atom. The van der Waals surface area contributed by atoms with E-state index >= 15 is 0 Å².